The van der Waals surface area contributed by atoms with Crippen LogP contribution in [0.3, 0.4) is 0 Å². The van der Waals surface area contributed by atoms with E-state index in [0.717, 1.165) is 11.3 Å². The van der Waals surface area contributed by atoms with Crippen LogP contribution < -0.4 is 10.1 Å². The Hall–Kier alpha value is -2.63. The van der Waals surface area contributed by atoms with Crippen molar-refractivity contribution in [3.63, 3.8) is 0 Å². The SMILES string of the molecule is COc1ccc(CCNC(=O)C(=O)c2c(C)nn(C)c2C)cc1. The van der Waals surface area contributed by atoms with E-state index in [4.69, 9.17) is 4.74 Å². The number of hydrogen-bond donors (Lipinski definition) is 1. The number of hydrogen-bond acceptors (Lipinski definition) is 4. The van der Waals surface area contributed by atoms with Crippen LogP contribution in [-0.2, 0) is 18.3 Å². The summed E-state index contributed by atoms with van der Waals surface area (Å²) in [6, 6.07) is 7.60. The highest BCUT2D eigenvalue weighted by Crippen LogP contribution is 2.13. The number of aryl methyl sites for hydroxylation is 2. The fourth-order valence-electron chi connectivity index (χ4n) is 2.41. The molecule has 0 aliphatic heterocycles. The number of aromatic nitrogens is 2. The zero-order valence-electron chi connectivity index (χ0n) is 13.8. The molecular weight excluding hydrogens is 294 g/mol. The summed E-state index contributed by atoms with van der Waals surface area (Å²) in [6.07, 6.45) is 0.647. The molecule has 6 heteroatoms. The van der Waals surface area contributed by atoms with Gasteiger partial charge in [-0.15, -0.1) is 0 Å². The normalized spacial score (nSPS) is 10.4. The monoisotopic (exact) mass is 315 g/mol. The van der Waals surface area contributed by atoms with Crippen LogP contribution in [-0.4, -0.2) is 35.1 Å². The van der Waals surface area contributed by atoms with Gasteiger partial charge in [-0.25, -0.2) is 0 Å². The molecule has 1 aromatic carbocycles. The highest BCUT2D eigenvalue weighted by molar-refractivity contribution is 6.43. The summed E-state index contributed by atoms with van der Waals surface area (Å²) in [6.45, 7) is 3.90. The molecule has 1 amide bonds. The first-order chi connectivity index (χ1) is 10.9. The third-order valence-electron chi connectivity index (χ3n) is 3.80. The highest BCUT2D eigenvalue weighted by Gasteiger charge is 2.23. The second-order valence-corrected chi connectivity index (χ2v) is 5.35. The van der Waals surface area contributed by atoms with Crippen LogP contribution in [0.1, 0.15) is 27.3 Å². The second kappa shape index (κ2) is 7.09. The first kappa shape index (κ1) is 16.7. The Balaban J connectivity index is 1.92. The Bertz CT molecular complexity index is 717. The minimum Gasteiger partial charge on any atom is -0.497 e. The number of amides is 1. The van der Waals surface area contributed by atoms with Crippen molar-refractivity contribution in [3.8, 4) is 5.75 Å². The quantitative estimate of drug-likeness (QED) is 0.649. The lowest BCUT2D eigenvalue weighted by Crippen LogP contribution is -2.33. The summed E-state index contributed by atoms with van der Waals surface area (Å²) in [7, 11) is 3.37. The lowest BCUT2D eigenvalue weighted by Gasteiger charge is -2.06. The van der Waals surface area contributed by atoms with Crippen LogP contribution in [0.4, 0.5) is 0 Å². The predicted octanol–water partition coefficient (Wildman–Crippen LogP) is 1.59. The molecule has 1 heterocycles. The van der Waals surface area contributed by atoms with Crippen LogP contribution >= 0.6 is 0 Å². The van der Waals surface area contributed by atoms with Gasteiger partial charge in [0, 0.05) is 19.3 Å². The van der Waals surface area contributed by atoms with E-state index in [1.54, 1.807) is 32.7 Å². The third kappa shape index (κ3) is 3.77. The average molecular weight is 315 g/mol. The Morgan fingerprint density at radius 1 is 1.22 bits per heavy atom. The number of rotatable bonds is 6. The molecule has 6 nitrogen and oxygen atoms in total. The number of carbonyl (C=O) groups excluding carboxylic acids is 2. The van der Waals surface area contributed by atoms with Crippen molar-refractivity contribution >= 4 is 11.7 Å². The minimum atomic E-state index is -0.599. The van der Waals surface area contributed by atoms with Gasteiger partial charge in [0.2, 0.25) is 0 Å². The molecule has 0 aliphatic rings. The van der Waals surface area contributed by atoms with Gasteiger partial charge < -0.3 is 10.1 Å². The van der Waals surface area contributed by atoms with E-state index in [2.05, 4.69) is 10.4 Å². The average Bonchev–Trinajstić information content (AvgIpc) is 2.80. The maximum absolute atomic E-state index is 12.2. The van der Waals surface area contributed by atoms with Crippen molar-refractivity contribution in [1.29, 1.82) is 0 Å². The van der Waals surface area contributed by atoms with E-state index >= 15 is 0 Å². The summed E-state index contributed by atoms with van der Waals surface area (Å²) in [5.41, 5.74) is 2.71. The molecule has 0 saturated carbocycles. The molecule has 122 valence electrons. The van der Waals surface area contributed by atoms with Gasteiger partial charge >= 0.3 is 0 Å². The highest BCUT2D eigenvalue weighted by atomic mass is 16.5. The molecule has 1 N–H and O–H groups in total. The number of ketones is 1. The number of ether oxygens (including phenoxy) is 1. The Labute approximate surface area is 135 Å². The second-order valence-electron chi connectivity index (χ2n) is 5.35. The zero-order valence-corrected chi connectivity index (χ0v) is 13.8. The van der Waals surface area contributed by atoms with E-state index in [-0.39, 0.29) is 0 Å². The van der Waals surface area contributed by atoms with Gasteiger partial charge in [-0.3, -0.25) is 14.3 Å². The topological polar surface area (TPSA) is 73.2 Å². The van der Waals surface area contributed by atoms with Crippen molar-refractivity contribution in [1.82, 2.24) is 15.1 Å². The van der Waals surface area contributed by atoms with Crippen molar-refractivity contribution in [3.05, 3.63) is 46.8 Å². The summed E-state index contributed by atoms with van der Waals surface area (Å²) in [5, 5.41) is 6.83. The molecule has 0 aliphatic carbocycles. The van der Waals surface area contributed by atoms with Gasteiger partial charge in [-0.05, 0) is 38.0 Å². The lowest BCUT2D eigenvalue weighted by molar-refractivity contribution is -0.116. The van der Waals surface area contributed by atoms with Gasteiger partial charge in [0.05, 0.1) is 18.4 Å². The van der Waals surface area contributed by atoms with E-state index in [1.807, 2.05) is 24.3 Å². The molecule has 0 spiro atoms. The van der Waals surface area contributed by atoms with Crippen molar-refractivity contribution in [2.24, 2.45) is 7.05 Å². The Morgan fingerprint density at radius 2 is 1.87 bits per heavy atom. The molecule has 0 bridgehead atoms. The lowest BCUT2D eigenvalue weighted by atomic mass is 10.1. The standard InChI is InChI=1S/C17H21N3O3/c1-11-15(12(2)20(3)19-11)16(21)17(22)18-10-9-13-5-7-14(23-4)8-6-13/h5-8H,9-10H2,1-4H3,(H,18,22). The summed E-state index contributed by atoms with van der Waals surface area (Å²) in [4.78, 5) is 24.3. The molecule has 0 radical (unpaired) electrons. The Kier molecular flexibility index (Phi) is 5.16. The molecule has 0 atom stereocenters. The number of methoxy groups -OCH3 is 1. The number of carbonyl (C=O) groups is 2. The van der Waals surface area contributed by atoms with Gasteiger partial charge in [-0.1, -0.05) is 12.1 Å². The smallest absolute Gasteiger partial charge is 0.292 e. The van der Waals surface area contributed by atoms with Gasteiger partial charge in [0.25, 0.3) is 11.7 Å². The zero-order chi connectivity index (χ0) is 17.0. The van der Waals surface area contributed by atoms with Crippen molar-refractivity contribution < 1.29 is 14.3 Å². The van der Waals surface area contributed by atoms with Crippen LogP contribution in [0.15, 0.2) is 24.3 Å². The molecule has 2 aromatic rings. The summed E-state index contributed by atoms with van der Waals surface area (Å²) < 4.78 is 6.70. The summed E-state index contributed by atoms with van der Waals surface area (Å²) in [5.74, 6) is -0.351. The van der Waals surface area contributed by atoms with E-state index in [1.165, 1.54) is 0 Å². The molecule has 1 aromatic heterocycles. The molecule has 2 rings (SSSR count). The Morgan fingerprint density at radius 3 is 2.39 bits per heavy atom. The van der Waals surface area contributed by atoms with Crippen LogP contribution in [0.2, 0.25) is 0 Å². The van der Waals surface area contributed by atoms with Gasteiger partial charge in [0.1, 0.15) is 5.75 Å². The number of nitrogens with zero attached hydrogens (tertiary/aromatic N) is 2. The first-order valence-corrected chi connectivity index (χ1v) is 7.39. The fourth-order valence-corrected chi connectivity index (χ4v) is 2.41. The van der Waals surface area contributed by atoms with Crippen molar-refractivity contribution in [2.75, 3.05) is 13.7 Å². The fraction of sp³-hybridized carbons (Fsp3) is 0.353. The molecule has 0 unspecified atom stereocenters. The third-order valence-corrected chi connectivity index (χ3v) is 3.80. The first-order valence-electron chi connectivity index (χ1n) is 7.39. The van der Waals surface area contributed by atoms with E-state index in [0.29, 0.717) is 29.9 Å². The minimum absolute atomic E-state index is 0.384. The molecular formula is C17H21N3O3. The van der Waals surface area contributed by atoms with Crippen LogP contribution in [0, 0.1) is 13.8 Å². The van der Waals surface area contributed by atoms with Gasteiger partial charge in [0.15, 0.2) is 0 Å². The van der Waals surface area contributed by atoms with E-state index < -0.39 is 11.7 Å². The number of Topliss-reactive ketones (excluding diaryl/α,β-unsaturated/α-hetero) is 1. The van der Waals surface area contributed by atoms with Crippen LogP contribution in [0.5, 0.6) is 5.75 Å². The van der Waals surface area contributed by atoms with Gasteiger partial charge in [-0.2, -0.15) is 5.10 Å². The molecule has 0 fully saturated rings. The predicted molar refractivity (Wildman–Crippen MR) is 86.7 cm³/mol. The molecule has 23 heavy (non-hydrogen) atoms. The largest absolute Gasteiger partial charge is 0.497 e. The van der Waals surface area contributed by atoms with E-state index in [9.17, 15) is 9.59 Å². The van der Waals surface area contributed by atoms with Crippen LogP contribution in [0.25, 0.3) is 0 Å². The number of benzene rings is 1. The van der Waals surface area contributed by atoms with Crippen molar-refractivity contribution in [2.45, 2.75) is 20.3 Å². The maximum atomic E-state index is 12.2. The number of nitrogens with one attached hydrogen (secondary N) is 1. The summed E-state index contributed by atoms with van der Waals surface area (Å²) >= 11 is 0. The molecule has 0 saturated heterocycles. The maximum Gasteiger partial charge on any atom is 0.292 e.